The summed E-state index contributed by atoms with van der Waals surface area (Å²) >= 11 is 0. The van der Waals surface area contributed by atoms with Crippen molar-refractivity contribution in [1.82, 2.24) is 0 Å². The Balaban J connectivity index is 2.02. The molecule has 27 heavy (non-hydrogen) atoms. The van der Waals surface area contributed by atoms with Crippen molar-refractivity contribution < 1.29 is 23.9 Å². The molecule has 0 saturated heterocycles. The van der Waals surface area contributed by atoms with Crippen molar-refractivity contribution in [1.29, 1.82) is 0 Å². The highest BCUT2D eigenvalue weighted by atomic mass is 16.6. The minimum Gasteiger partial charge on any atom is -0.453 e. The molecule has 1 atom stereocenters. The zero-order valence-electron chi connectivity index (χ0n) is 15.9. The number of benzene rings is 2. The highest BCUT2D eigenvalue weighted by Crippen LogP contribution is 2.22. The van der Waals surface area contributed by atoms with Crippen LogP contribution in [-0.4, -0.2) is 24.5 Å². The van der Waals surface area contributed by atoms with Crippen LogP contribution >= 0.6 is 0 Å². The van der Waals surface area contributed by atoms with Gasteiger partial charge in [-0.05, 0) is 31.9 Å². The Labute approximate surface area is 158 Å². The molecule has 0 aliphatic heterocycles. The van der Waals surface area contributed by atoms with E-state index in [1.807, 2.05) is 32.9 Å². The van der Waals surface area contributed by atoms with Gasteiger partial charge in [0, 0.05) is 18.2 Å². The molecule has 0 heterocycles. The van der Waals surface area contributed by atoms with Gasteiger partial charge in [0.1, 0.15) is 0 Å². The van der Waals surface area contributed by atoms with Gasteiger partial charge in [-0.15, -0.1) is 0 Å². The van der Waals surface area contributed by atoms with Gasteiger partial charge in [0.25, 0.3) is 5.91 Å². The minimum atomic E-state index is -1.21. The van der Waals surface area contributed by atoms with Gasteiger partial charge in [-0.1, -0.05) is 48.0 Å². The third kappa shape index (κ3) is 5.67. The Morgan fingerprint density at radius 2 is 1.59 bits per heavy atom. The van der Waals surface area contributed by atoms with Gasteiger partial charge in [0.15, 0.2) is 6.61 Å². The van der Waals surface area contributed by atoms with Crippen molar-refractivity contribution >= 4 is 23.5 Å². The molecule has 0 unspecified atom stereocenters. The molecule has 6 heteroatoms. The quantitative estimate of drug-likeness (QED) is 0.789. The molecule has 0 saturated carbocycles. The largest absolute Gasteiger partial charge is 0.453 e. The highest BCUT2D eigenvalue weighted by Gasteiger charge is 2.26. The number of hydrogen-bond acceptors (Lipinski definition) is 5. The molecule has 0 aliphatic carbocycles. The summed E-state index contributed by atoms with van der Waals surface area (Å²) in [6, 6.07) is 12.4. The number of nitrogens with one attached hydrogen (secondary N) is 1. The third-order valence-corrected chi connectivity index (χ3v) is 3.89. The predicted octanol–water partition coefficient (Wildman–Crippen LogP) is 3.40. The van der Waals surface area contributed by atoms with Crippen molar-refractivity contribution in [2.75, 3.05) is 11.9 Å². The summed E-state index contributed by atoms with van der Waals surface area (Å²) < 4.78 is 10.1. The van der Waals surface area contributed by atoms with E-state index in [9.17, 15) is 14.4 Å². The lowest BCUT2D eigenvalue weighted by Crippen LogP contribution is -2.26. The first-order valence-electron chi connectivity index (χ1n) is 8.54. The number of esters is 2. The zero-order chi connectivity index (χ0) is 20.0. The van der Waals surface area contributed by atoms with E-state index in [2.05, 4.69) is 5.32 Å². The van der Waals surface area contributed by atoms with Crippen molar-refractivity contribution in [2.24, 2.45) is 0 Å². The van der Waals surface area contributed by atoms with Crippen molar-refractivity contribution in [2.45, 2.75) is 33.8 Å². The molecule has 2 aromatic carbocycles. The number of amides is 1. The monoisotopic (exact) mass is 369 g/mol. The molecule has 2 rings (SSSR count). The maximum atomic E-state index is 12.3. The van der Waals surface area contributed by atoms with E-state index < -0.39 is 30.6 Å². The summed E-state index contributed by atoms with van der Waals surface area (Å²) in [5.74, 6) is -1.88. The molecule has 0 aliphatic rings. The van der Waals surface area contributed by atoms with E-state index in [0.717, 1.165) is 16.7 Å². The first-order valence-corrected chi connectivity index (χ1v) is 8.54. The van der Waals surface area contributed by atoms with Crippen molar-refractivity contribution in [3.05, 3.63) is 64.7 Å². The lowest BCUT2D eigenvalue weighted by molar-refractivity contribution is -0.168. The van der Waals surface area contributed by atoms with E-state index in [4.69, 9.17) is 9.47 Å². The van der Waals surface area contributed by atoms with Gasteiger partial charge in [-0.2, -0.15) is 0 Å². The Morgan fingerprint density at radius 3 is 2.15 bits per heavy atom. The molecule has 0 aromatic heterocycles. The topological polar surface area (TPSA) is 81.7 Å². The minimum absolute atomic E-state index is 0.465. The number of rotatable bonds is 6. The summed E-state index contributed by atoms with van der Waals surface area (Å²) in [6.45, 7) is 6.50. The van der Waals surface area contributed by atoms with Crippen LogP contribution in [0.2, 0.25) is 0 Å². The van der Waals surface area contributed by atoms with Crippen molar-refractivity contribution in [3.63, 3.8) is 0 Å². The predicted molar refractivity (Wildman–Crippen MR) is 101 cm³/mol. The number of carbonyl (C=O) groups excluding carboxylic acids is 3. The number of aryl methyl sites for hydroxylation is 3. The fourth-order valence-electron chi connectivity index (χ4n) is 2.81. The molecule has 1 N–H and O–H groups in total. The molecule has 0 bridgehead atoms. The van der Waals surface area contributed by atoms with E-state index in [1.54, 1.807) is 30.3 Å². The van der Waals surface area contributed by atoms with Crippen LogP contribution in [0.5, 0.6) is 0 Å². The van der Waals surface area contributed by atoms with Gasteiger partial charge in [0.05, 0.1) is 0 Å². The van der Waals surface area contributed by atoms with Gasteiger partial charge in [0.2, 0.25) is 6.10 Å². The summed E-state index contributed by atoms with van der Waals surface area (Å²) in [5.41, 5.74) is 4.12. The Morgan fingerprint density at radius 1 is 1.00 bits per heavy atom. The molecule has 142 valence electrons. The van der Waals surface area contributed by atoms with E-state index in [0.29, 0.717) is 11.3 Å². The summed E-state index contributed by atoms with van der Waals surface area (Å²) in [6.07, 6.45) is -1.21. The highest BCUT2D eigenvalue weighted by molar-refractivity contribution is 5.94. The first-order chi connectivity index (χ1) is 12.8. The molecular weight excluding hydrogens is 346 g/mol. The number of hydrogen-bond donors (Lipinski definition) is 1. The molecular formula is C21H23NO5. The molecule has 0 radical (unpaired) electrons. The Bertz CT molecular complexity index is 822. The van der Waals surface area contributed by atoms with Gasteiger partial charge >= 0.3 is 11.9 Å². The standard InChI is InChI=1S/C21H23NO5/c1-13-10-14(2)19(15(3)11-13)22-18(24)12-26-21(25)20(27-16(4)23)17-8-6-5-7-9-17/h5-11,20H,12H2,1-4H3,(H,22,24)/t20-/m1/s1. The van der Waals surface area contributed by atoms with Crippen LogP contribution in [0.15, 0.2) is 42.5 Å². The van der Waals surface area contributed by atoms with Crippen LogP contribution in [-0.2, 0) is 23.9 Å². The Hall–Kier alpha value is -3.15. The summed E-state index contributed by atoms with van der Waals surface area (Å²) in [4.78, 5) is 35.8. The van der Waals surface area contributed by atoms with Crippen LogP contribution in [0.25, 0.3) is 0 Å². The van der Waals surface area contributed by atoms with E-state index in [-0.39, 0.29) is 0 Å². The smallest absolute Gasteiger partial charge is 0.352 e. The fourth-order valence-corrected chi connectivity index (χ4v) is 2.81. The number of carbonyl (C=O) groups is 3. The average molecular weight is 369 g/mol. The zero-order valence-corrected chi connectivity index (χ0v) is 15.9. The second kappa shape index (κ2) is 8.98. The SMILES string of the molecule is CC(=O)O[C@@H](C(=O)OCC(=O)Nc1c(C)cc(C)cc1C)c1ccccc1. The van der Waals surface area contributed by atoms with Gasteiger partial charge in [-0.3, -0.25) is 9.59 Å². The molecule has 0 spiro atoms. The molecule has 1 amide bonds. The normalized spacial score (nSPS) is 11.4. The van der Waals surface area contributed by atoms with Crippen LogP contribution in [0.1, 0.15) is 35.3 Å². The Kier molecular flexibility index (Phi) is 6.71. The van der Waals surface area contributed by atoms with Gasteiger partial charge < -0.3 is 14.8 Å². The average Bonchev–Trinajstić information content (AvgIpc) is 2.61. The van der Waals surface area contributed by atoms with Crippen LogP contribution in [0.3, 0.4) is 0 Å². The van der Waals surface area contributed by atoms with Crippen LogP contribution in [0, 0.1) is 20.8 Å². The van der Waals surface area contributed by atoms with E-state index in [1.165, 1.54) is 6.92 Å². The molecule has 2 aromatic rings. The molecule has 0 fully saturated rings. The second-order valence-corrected chi connectivity index (χ2v) is 6.33. The molecule has 6 nitrogen and oxygen atoms in total. The van der Waals surface area contributed by atoms with Crippen molar-refractivity contribution in [3.8, 4) is 0 Å². The van der Waals surface area contributed by atoms with Crippen LogP contribution in [0.4, 0.5) is 5.69 Å². The van der Waals surface area contributed by atoms with Gasteiger partial charge in [-0.25, -0.2) is 4.79 Å². The van der Waals surface area contributed by atoms with Crippen LogP contribution < -0.4 is 5.32 Å². The summed E-state index contributed by atoms with van der Waals surface area (Å²) in [5, 5.41) is 2.76. The summed E-state index contributed by atoms with van der Waals surface area (Å²) in [7, 11) is 0. The maximum absolute atomic E-state index is 12.3. The number of ether oxygens (including phenoxy) is 2. The van der Waals surface area contributed by atoms with E-state index >= 15 is 0 Å². The lowest BCUT2D eigenvalue weighted by atomic mass is 10.1. The maximum Gasteiger partial charge on any atom is 0.352 e. The number of anilines is 1. The fraction of sp³-hybridized carbons (Fsp3) is 0.286. The first kappa shape index (κ1) is 20.2. The third-order valence-electron chi connectivity index (χ3n) is 3.89. The lowest BCUT2D eigenvalue weighted by Gasteiger charge is -2.17. The second-order valence-electron chi connectivity index (χ2n) is 6.33.